The molecule has 23 heavy (non-hydrogen) atoms. The summed E-state index contributed by atoms with van der Waals surface area (Å²) in [6.07, 6.45) is -2.56. The molecule has 4 nitrogen and oxygen atoms in total. The van der Waals surface area contributed by atoms with Gasteiger partial charge < -0.3 is 14.8 Å². The zero-order chi connectivity index (χ0) is 16.1. The normalized spacial score (nSPS) is 16.8. The lowest BCUT2D eigenvalue weighted by molar-refractivity contribution is 0.0735. The Morgan fingerprint density at radius 3 is 2.26 bits per heavy atom. The van der Waals surface area contributed by atoms with Crippen molar-refractivity contribution in [3.8, 4) is 11.5 Å². The maximum atomic E-state index is 13.1. The topological polar surface area (TPSA) is 33.7 Å². The van der Waals surface area contributed by atoms with Gasteiger partial charge in [-0.2, -0.15) is 0 Å². The Hall–Kier alpha value is -0.630. The van der Waals surface area contributed by atoms with Crippen LogP contribution >= 0.6 is 28.3 Å². The molecule has 0 radical (unpaired) electrons. The summed E-state index contributed by atoms with van der Waals surface area (Å²) in [5, 5.41) is 3.24. The van der Waals surface area contributed by atoms with Crippen LogP contribution in [0.5, 0.6) is 11.5 Å². The van der Waals surface area contributed by atoms with Crippen molar-refractivity contribution in [3.05, 3.63) is 22.2 Å². The van der Waals surface area contributed by atoms with Crippen LogP contribution < -0.4 is 14.8 Å². The van der Waals surface area contributed by atoms with Crippen molar-refractivity contribution in [3.63, 3.8) is 0 Å². The second-order valence-corrected chi connectivity index (χ2v) is 6.01. The Labute approximate surface area is 150 Å². The fourth-order valence-corrected chi connectivity index (χ4v) is 3.35. The highest BCUT2D eigenvalue weighted by atomic mass is 79.9. The van der Waals surface area contributed by atoms with Crippen LogP contribution in [0.15, 0.2) is 16.6 Å². The van der Waals surface area contributed by atoms with E-state index in [4.69, 9.17) is 9.47 Å². The molecular weight excluding hydrogens is 394 g/mol. The fourth-order valence-electron chi connectivity index (χ4n) is 2.76. The fraction of sp³-hybridized carbons (Fsp3) is 0.600. The lowest BCUT2D eigenvalue weighted by Crippen LogP contribution is -2.45. The molecule has 1 atom stereocenters. The minimum absolute atomic E-state index is 0. The van der Waals surface area contributed by atoms with Crippen LogP contribution in [0.3, 0.4) is 0 Å². The zero-order valence-corrected chi connectivity index (χ0v) is 15.6. The van der Waals surface area contributed by atoms with Gasteiger partial charge in [0.1, 0.15) is 0 Å². The van der Waals surface area contributed by atoms with E-state index in [1.807, 2.05) is 0 Å². The number of hydrogen-bond donors (Lipinski definition) is 1. The van der Waals surface area contributed by atoms with E-state index < -0.39 is 6.43 Å². The second-order valence-electron chi connectivity index (χ2n) is 5.16. The predicted octanol–water partition coefficient (Wildman–Crippen LogP) is 3.49. The van der Waals surface area contributed by atoms with E-state index in [9.17, 15) is 8.78 Å². The molecule has 1 aliphatic rings. The van der Waals surface area contributed by atoms with Crippen LogP contribution in [0.4, 0.5) is 8.78 Å². The molecule has 0 unspecified atom stereocenters. The van der Waals surface area contributed by atoms with Crippen molar-refractivity contribution in [2.45, 2.75) is 18.9 Å². The first-order chi connectivity index (χ1) is 10.6. The largest absolute Gasteiger partial charge is 0.493 e. The Morgan fingerprint density at radius 1 is 1.17 bits per heavy atom. The number of hydrogen-bond acceptors (Lipinski definition) is 4. The summed E-state index contributed by atoms with van der Waals surface area (Å²) < 4.78 is 37.5. The maximum absolute atomic E-state index is 13.1. The van der Waals surface area contributed by atoms with E-state index in [0.29, 0.717) is 11.5 Å². The Bertz CT molecular complexity index is 503. The molecule has 0 spiro atoms. The van der Waals surface area contributed by atoms with Gasteiger partial charge in [0.15, 0.2) is 11.5 Å². The van der Waals surface area contributed by atoms with Gasteiger partial charge in [0.05, 0.1) is 14.2 Å². The molecule has 0 aliphatic carbocycles. The molecule has 2 rings (SSSR count). The zero-order valence-electron chi connectivity index (χ0n) is 13.2. The highest BCUT2D eigenvalue weighted by Gasteiger charge is 2.28. The summed E-state index contributed by atoms with van der Waals surface area (Å²) in [5.41, 5.74) is 0.805. The summed E-state index contributed by atoms with van der Waals surface area (Å²) in [7, 11) is 3.10. The van der Waals surface area contributed by atoms with Crippen LogP contribution in [-0.2, 0) is 0 Å². The smallest absolute Gasteiger partial charge is 0.240 e. The summed E-state index contributed by atoms with van der Waals surface area (Å²) in [4.78, 5) is 2.09. The molecule has 1 fully saturated rings. The maximum Gasteiger partial charge on any atom is 0.240 e. The van der Waals surface area contributed by atoms with Gasteiger partial charge in [-0.25, -0.2) is 8.78 Å². The van der Waals surface area contributed by atoms with Crippen molar-refractivity contribution in [2.24, 2.45) is 0 Å². The molecule has 132 valence electrons. The first-order valence-corrected chi connectivity index (χ1v) is 8.00. The Morgan fingerprint density at radius 2 is 1.74 bits per heavy atom. The molecule has 8 heteroatoms. The van der Waals surface area contributed by atoms with E-state index in [1.54, 1.807) is 26.4 Å². The van der Waals surface area contributed by atoms with Crippen molar-refractivity contribution >= 4 is 28.3 Å². The third-order valence-corrected chi connectivity index (χ3v) is 4.54. The number of benzene rings is 1. The molecule has 0 bridgehead atoms. The monoisotopic (exact) mass is 414 g/mol. The van der Waals surface area contributed by atoms with Crippen molar-refractivity contribution < 1.29 is 18.3 Å². The van der Waals surface area contributed by atoms with E-state index in [2.05, 4.69) is 26.1 Å². The third-order valence-electron chi connectivity index (χ3n) is 3.86. The van der Waals surface area contributed by atoms with E-state index in [-0.39, 0.29) is 24.9 Å². The van der Waals surface area contributed by atoms with Gasteiger partial charge in [-0.3, -0.25) is 4.90 Å². The molecule has 1 N–H and O–H groups in total. The third kappa shape index (κ3) is 5.17. The molecular formula is C15H22BrClF2N2O2. The Balaban J connectivity index is 0.00000264. The summed E-state index contributed by atoms with van der Waals surface area (Å²) in [6, 6.07) is 3.21. The Kier molecular flexibility index (Phi) is 8.53. The van der Waals surface area contributed by atoms with Gasteiger partial charge in [-0.1, -0.05) is 15.9 Å². The number of alkyl halides is 2. The molecule has 0 amide bonds. The number of rotatable bonds is 6. The van der Waals surface area contributed by atoms with Crippen LogP contribution in [0.1, 0.15) is 18.0 Å². The van der Waals surface area contributed by atoms with Gasteiger partial charge in [0.2, 0.25) is 6.43 Å². The van der Waals surface area contributed by atoms with Gasteiger partial charge in [-0.05, 0) is 17.7 Å². The molecule has 1 saturated heterocycles. The summed E-state index contributed by atoms with van der Waals surface area (Å²) in [5.74, 6) is 1.13. The van der Waals surface area contributed by atoms with Crippen LogP contribution in [0, 0.1) is 0 Å². The standard InChI is InChI=1S/C15H21BrF2N2O2.ClH/c1-21-13-7-10(11(16)8-14(13)22-2)12(9-15(17)18)20-5-3-19-4-6-20;/h7-8,12,15,19H,3-6,9H2,1-2H3;1H/t12-;/m1./s1. The number of piperazine rings is 1. The molecule has 0 saturated carbocycles. The molecule has 1 heterocycles. The van der Waals surface area contributed by atoms with Gasteiger partial charge in [-0.15, -0.1) is 12.4 Å². The van der Waals surface area contributed by atoms with Gasteiger partial charge in [0.25, 0.3) is 0 Å². The number of nitrogens with zero attached hydrogens (tertiary/aromatic N) is 1. The van der Waals surface area contributed by atoms with Crippen molar-refractivity contribution in [1.29, 1.82) is 0 Å². The van der Waals surface area contributed by atoms with Crippen LogP contribution in [0.25, 0.3) is 0 Å². The van der Waals surface area contributed by atoms with Crippen LogP contribution in [-0.4, -0.2) is 51.7 Å². The molecule has 1 aromatic rings. The molecule has 0 aromatic heterocycles. The predicted molar refractivity (Wildman–Crippen MR) is 92.3 cm³/mol. The number of methoxy groups -OCH3 is 2. The highest BCUT2D eigenvalue weighted by molar-refractivity contribution is 9.10. The number of ether oxygens (including phenoxy) is 2. The van der Waals surface area contributed by atoms with Gasteiger partial charge in [0, 0.05) is 43.1 Å². The molecule has 1 aromatic carbocycles. The molecule has 1 aliphatic heterocycles. The average Bonchev–Trinajstić information content (AvgIpc) is 2.53. The first-order valence-electron chi connectivity index (χ1n) is 7.21. The number of nitrogens with one attached hydrogen (secondary N) is 1. The first kappa shape index (κ1) is 20.4. The lowest BCUT2D eigenvalue weighted by atomic mass is 10.0. The average molecular weight is 416 g/mol. The summed E-state index contributed by atoms with van der Waals surface area (Å²) in [6.45, 7) is 3.12. The second kappa shape index (κ2) is 9.61. The van der Waals surface area contributed by atoms with Crippen LogP contribution in [0.2, 0.25) is 0 Å². The SMILES string of the molecule is COc1cc(Br)c([C@@H](CC(F)F)N2CCNCC2)cc1OC.Cl. The minimum Gasteiger partial charge on any atom is -0.493 e. The van der Waals surface area contributed by atoms with E-state index in [0.717, 1.165) is 36.2 Å². The van der Waals surface area contributed by atoms with Crippen molar-refractivity contribution in [2.75, 3.05) is 40.4 Å². The van der Waals surface area contributed by atoms with Gasteiger partial charge >= 0.3 is 0 Å². The number of halogens is 4. The quantitative estimate of drug-likeness (QED) is 0.771. The van der Waals surface area contributed by atoms with Crippen molar-refractivity contribution in [1.82, 2.24) is 10.2 Å². The summed E-state index contributed by atoms with van der Waals surface area (Å²) >= 11 is 3.49. The minimum atomic E-state index is -2.36. The van der Waals surface area contributed by atoms with E-state index >= 15 is 0 Å². The highest BCUT2D eigenvalue weighted by Crippen LogP contribution is 2.39. The lowest BCUT2D eigenvalue weighted by Gasteiger charge is -2.35. The van der Waals surface area contributed by atoms with E-state index in [1.165, 1.54) is 0 Å².